The van der Waals surface area contributed by atoms with Crippen molar-refractivity contribution in [1.82, 2.24) is 0 Å². The molecule has 64 valence electrons. The van der Waals surface area contributed by atoms with Crippen LogP contribution in [0.5, 0.6) is 0 Å². The van der Waals surface area contributed by atoms with E-state index >= 15 is 0 Å². The highest BCUT2D eigenvalue weighted by Crippen LogP contribution is 1.91. The van der Waals surface area contributed by atoms with Gasteiger partial charge < -0.3 is 22.9 Å². The summed E-state index contributed by atoms with van der Waals surface area (Å²) in [6.07, 6.45) is 0. The molecule has 0 fully saturated rings. The van der Waals surface area contributed by atoms with Gasteiger partial charge in [-0.3, -0.25) is 11.5 Å². The lowest BCUT2D eigenvalue weighted by Gasteiger charge is -2.13. The standard InChI is InChI=1S/C3H12N8/c4-1(5)10-3(8,9)11-2(6)7/h8-9H2,(H4,4,5,10)(H4,6,7,11). The van der Waals surface area contributed by atoms with E-state index in [1.54, 1.807) is 0 Å². The van der Waals surface area contributed by atoms with E-state index in [-0.39, 0.29) is 11.9 Å². The monoisotopic (exact) mass is 160 g/mol. The Morgan fingerprint density at radius 3 is 1.27 bits per heavy atom. The summed E-state index contributed by atoms with van der Waals surface area (Å²) in [4.78, 5) is 6.66. The molecule has 0 bridgehead atoms. The Balaban J connectivity index is 4.48. The van der Waals surface area contributed by atoms with E-state index in [1.165, 1.54) is 0 Å². The molecule has 8 heteroatoms. The Hall–Kier alpha value is -1.54. The number of guanidine groups is 2. The lowest BCUT2D eigenvalue weighted by atomic mass is 10.7. The zero-order valence-corrected chi connectivity index (χ0v) is 5.86. The van der Waals surface area contributed by atoms with Gasteiger partial charge in [0.25, 0.3) is 5.91 Å². The van der Waals surface area contributed by atoms with Crippen molar-refractivity contribution in [3.8, 4) is 0 Å². The molecule has 0 heterocycles. The van der Waals surface area contributed by atoms with Crippen LogP contribution in [0.4, 0.5) is 0 Å². The minimum absolute atomic E-state index is 0.292. The number of hydrogen-bond acceptors (Lipinski definition) is 4. The Morgan fingerprint density at radius 2 is 1.09 bits per heavy atom. The third-order valence-corrected chi connectivity index (χ3v) is 0.616. The van der Waals surface area contributed by atoms with E-state index in [4.69, 9.17) is 34.4 Å². The summed E-state index contributed by atoms with van der Waals surface area (Å²) in [5, 5.41) is 0. The van der Waals surface area contributed by atoms with Gasteiger partial charge >= 0.3 is 0 Å². The van der Waals surface area contributed by atoms with Crippen LogP contribution in [0.25, 0.3) is 0 Å². The van der Waals surface area contributed by atoms with Crippen molar-refractivity contribution in [3.63, 3.8) is 0 Å². The first-order chi connectivity index (χ1) is 4.83. The lowest BCUT2D eigenvalue weighted by Crippen LogP contribution is -2.50. The number of aliphatic imine (C=N–C) groups is 2. The quantitative estimate of drug-likeness (QED) is 0.136. The number of nitrogens with zero attached hydrogens (tertiary/aromatic N) is 2. The summed E-state index contributed by atoms with van der Waals surface area (Å²) in [5.74, 6) is -2.36. The Morgan fingerprint density at radius 1 is 0.818 bits per heavy atom. The molecule has 0 spiro atoms. The van der Waals surface area contributed by atoms with Crippen LogP contribution in [-0.4, -0.2) is 17.8 Å². The highest BCUT2D eigenvalue weighted by molar-refractivity contribution is 5.78. The summed E-state index contributed by atoms with van der Waals surface area (Å²) < 4.78 is 0. The van der Waals surface area contributed by atoms with Crippen molar-refractivity contribution >= 4 is 11.9 Å². The Kier molecular flexibility index (Phi) is 2.61. The van der Waals surface area contributed by atoms with Crippen molar-refractivity contribution in [2.24, 2.45) is 44.4 Å². The molecule has 0 saturated heterocycles. The fraction of sp³-hybridized carbons (Fsp3) is 0.333. The SMILES string of the molecule is NC(N)=NC(N)(N)N=C(N)N. The minimum Gasteiger partial charge on any atom is -0.370 e. The average Bonchev–Trinajstić information content (AvgIpc) is 1.53. The smallest absolute Gasteiger partial charge is 0.265 e. The maximum atomic E-state index is 5.20. The normalized spacial score (nSPS) is 10.4. The Labute approximate surface area is 63.3 Å². The van der Waals surface area contributed by atoms with E-state index in [1.807, 2.05) is 0 Å². The average molecular weight is 160 g/mol. The van der Waals surface area contributed by atoms with Gasteiger partial charge in [0.2, 0.25) is 0 Å². The summed E-state index contributed by atoms with van der Waals surface area (Å²) in [6, 6.07) is 0. The van der Waals surface area contributed by atoms with Crippen molar-refractivity contribution in [2.75, 3.05) is 0 Å². The molecular weight excluding hydrogens is 148 g/mol. The van der Waals surface area contributed by atoms with Gasteiger partial charge in [0.15, 0.2) is 11.9 Å². The van der Waals surface area contributed by atoms with Crippen molar-refractivity contribution < 1.29 is 0 Å². The topological polar surface area (TPSA) is 181 Å². The van der Waals surface area contributed by atoms with Crippen LogP contribution in [0, 0.1) is 0 Å². The number of nitrogens with two attached hydrogens (primary N) is 6. The van der Waals surface area contributed by atoms with Gasteiger partial charge in [0.05, 0.1) is 0 Å². The highest BCUT2D eigenvalue weighted by Gasteiger charge is 2.15. The van der Waals surface area contributed by atoms with Crippen LogP contribution in [0.3, 0.4) is 0 Å². The van der Waals surface area contributed by atoms with E-state index in [2.05, 4.69) is 9.98 Å². The van der Waals surface area contributed by atoms with Crippen LogP contribution in [0.1, 0.15) is 0 Å². The third kappa shape index (κ3) is 4.93. The maximum Gasteiger partial charge on any atom is 0.265 e. The van der Waals surface area contributed by atoms with Crippen LogP contribution in [-0.2, 0) is 0 Å². The molecule has 0 aliphatic carbocycles. The molecule has 0 aromatic heterocycles. The molecule has 8 nitrogen and oxygen atoms in total. The molecule has 0 unspecified atom stereocenters. The van der Waals surface area contributed by atoms with Crippen LogP contribution < -0.4 is 34.4 Å². The first-order valence-corrected chi connectivity index (χ1v) is 2.63. The molecule has 0 radical (unpaired) electrons. The van der Waals surface area contributed by atoms with Crippen molar-refractivity contribution in [1.29, 1.82) is 0 Å². The highest BCUT2D eigenvalue weighted by atomic mass is 15.4. The molecule has 0 atom stereocenters. The van der Waals surface area contributed by atoms with Crippen LogP contribution in [0.15, 0.2) is 9.98 Å². The van der Waals surface area contributed by atoms with Crippen LogP contribution in [0.2, 0.25) is 0 Å². The number of rotatable bonds is 2. The molecule has 0 amide bonds. The predicted octanol–water partition coefficient (Wildman–Crippen LogP) is -3.94. The molecule has 0 aromatic rings. The molecule has 11 heavy (non-hydrogen) atoms. The Bertz CT molecular complexity index is 162. The second-order valence-electron chi connectivity index (χ2n) is 1.86. The first-order valence-electron chi connectivity index (χ1n) is 2.63. The van der Waals surface area contributed by atoms with Gasteiger partial charge in [-0.25, -0.2) is 0 Å². The first kappa shape index (κ1) is 9.46. The second kappa shape index (κ2) is 3.03. The maximum absolute atomic E-state index is 5.20. The van der Waals surface area contributed by atoms with E-state index in [9.17, 15) is 0 Å². The fourth-order valence-electron chi connectivity index (χ4n) is 0.439. The van der Waals surface area contributed by atoms with E-state index < -0.39 is 5.91 Å². The molecule has 0 saturated carbocycles. The van der Waals surface area contributed by atoms with Gasteiger partial charge in [0, 0.05) is 0 Å². The van der Waals surface area contributed by atoms with Gasteiger partial charge in [-0.15, -0.1) is 0 Å². The van der Waals surface area contributed by atoms with Crippen LogP contribution >= 0.6 is 0 Å². The molecular formula is C3H12N8. The van der Waals surface area contributed by atoms with Gasteiger partial charge in [0.1, 0.15) is 0 Å². The predicted molar refractivity (Wildman–Crippen MR) is 42.7 cm³/mol. The second-order valence-corrected chi connectivity index (χ2v) is 1.86. The zero-order valence-electron chi connectivity index (χ0n) is 5.86. The summed E-state index contributed by atoms with van der Waals surface area (Å²) >= 11 is 0. The largest absolute Gasteiger partial charge is 0.370 e. The zero-order chi connectivity index (χ0) is 9.07. The van der Waals surface area contributed by atoms with Gasteiger partial charge in [-0.05, 0) is 0 Å². The number of hydrogen-bond donors (Lipinski definition) is 6. The van der Waals surface area contributed by atoms with Crippen molar-refractivity contribution in [3.05, 3.63) is 0 Å². The third-order valence-electron chi connectivity index (χ3n) is 0.616. The molecule has 0 rings (SSSR count). The van der Waals surface area contributed by atoms with E-state index in [0.717, 1.165) is 0 Å². The summed E-state index contributed by atoms with van der Waals surface area (Å²) in [6.45, 7) is 0. The molecule has 0 aliphatic heterocycles. The lowest BCUT2D eigenvalue weighted by molar-refractivity contribution is 0.490. The molecule has 0 aromatic carbocycles. The fourth-order valence-corrected chi connectivity index (χ4v) is 0.439. The minimum atomic E-state index is -1.78. The van der Waals surface area contributed by atoms with Crippen molar-refractivity contribution in [2.45, 2.75) is 5.91 Å². The molecule has 0 aliphatic rings. The van der Waals surface area contributed by atoms with E-state index in [0.29, 0.717) is 0 Å². The van der Waals surface area contributed by atoms with Gasteiger partial charge in [-0.2, -0.15) is 9.98 Å². The summed E-state index contributed by atoms with van der Waals surface area (Å²) in [5.41, 5.74) is 30.3. The summed E-state index contributed by atoms with van der Waals surface area (Å²) in [7, 11) is 0. The van der Waals surface area contributed by atoms with Gasteiger partial charge in [-0.1, -0.05) is 0 Å². The molecule has 12 N–H and O–H groups in total.